The van der Waals surface area contributed by atoms with Crippen LogP contribution in [0.5, 0.6) is 0 Å². The van der Waals surface area contributed by atoms with E-state index in [-0.39, 0.29) is 28.4 Å². The van der Waals surface area contributed by atoms with Crippen LogP contribution in [-0.4, -0.2) is 25.1 Å². The minimum absolute atomic E-state index is 0.0319. The number of benzene rings is 1. The lowest BCUT2D eigenvalue weighted by Crippen LogP contribution is -2.17. The number of carbonyl (C=O) groups is 1. The van der Waals surface area contributed by atoms with E-state index in [1.807, 2.05) is 12.1 Å². The summed E-state index contributed by atoms with van der Waals surface area (Å²) in [7, 11) is -3.47. The molecule has 1 heterocycles. The fourth-order valence-electron chi connectivity index (χ4n) is 1.97. The van der Waals surface area contributed by atoms with Crippen molar-refractivity contribution in [2.45, 2.75) is 37.5 Å². The maximum Gasteiger partial charge on any atom is 0.227 e. The zero-order valence-electron chi connectivity index (χ0n) is 13.4. The van der Waals surface area contributed by atoms with Gasteiger partial charge in [-0.25, -0.2) is 13.4 Å². The summed E-state index contributed by atoms with van der Waals surface area (Å²) in [5.74, 6) is -0.575. The average molecular weight is 352 g/mol. The van der Waals surface area contributed by atoms with E-state index in [1.165, 1.54) is 11.3 Å². The summed E-state index contributed by atoms with van der Waals surface area (Å²) in [5.41, 5.74) is 1.04. The summed E-state index contributed by atoms with van der Waals surface area (Å²) in [4.78, 5) is 15.9. The number of rotatable bonds is 5. The molecule has 7 heteroatoms. The Hall–Kier alpha value is -1.73. The highest BCUT2D eigenvalue weighted by molar-refractivity contribution is 7.91. The van der Waals surface area contributed by atoms with Gasteiger partial charge < -0.3 is 5.32 Å². The molecule has 2 aromatic rings. The summed E-state index contributed by atoms with van der Waals surface area (Å²) < 4.78 is 24.6. The SMILES string of the molecule is CC(C)(C)c1ccc(S(=O)(=O)CCC(=O)Nc2nccs2)cc1. The van der Waals surface area contributed by atoms with Crippen LogP contribution in [0, 0.1) is 0 Å². The van der Waals surface area contributed by atoms with Crippen LogP contribution in [0.15, 0.2) is 40.7 Å². The van der Waals surface area contributed by atoms with Crippen LogP contribution in [0.4, 0.5) is 5.13 Å². The van der Waals surface area contributed by atoms with Crippen molar-refractivity contribution in [1.29, 1.82) is 0 Å². The van der Waals surface area contributed by atoms with Crippen molar-refractivity contribution in [3.63, 3.8) is 0 Å². The second kappa shape index (κ2) is 6.80. The van der Waals surface area contributed by atoms with Crippen molar-refractivity contribution >= 4 is 32.2 Å². The van der Waals surface area contributed by atoms with Crippen molar-refractivity contribution in [2.75, 3.05) is 11.1 Å². The first-order chi connectivity index (χ1) is 10.7. The van der Waals surface area contributed by atoms with Crippen LogP contribution >= 0.6 is 11.3 Å². The molecule has 0 spiro atoms. The molecule has 2 rings (SSSR count). The normalized spacial score (nSPS) is 12.1. The number of thiazole rings is 1. The molecule has 124 valence electrons. The van der Waals surface area contributed by atoms with Crippen molar-refractivity contribution < 1.29 is 13.2 Å². The molecule has 0 unspecified atom stereocenters. The molecule has 0 bridgehead atoms. The largest absolute Gasteiger partial charge is 0.302 e. The molecule has 1 aromatic carbocycles. The molecule has 23 heavy (non-hydrogen) atoms. The van der Waals surface area contributed by atoms with E-state index in [0.29, 0.717) is 5.13 Å². The minimum Gasteiger partial charge on any atom is -0.302 e. The van der Waals surface area contributed by atoms with Crippen LogP contribution in [0.25, 0.3) is 0 Å². The fraction of sp³-hybridized carbons (Fsp3) is 0.375. The Morgan fingerprint density at radius 3 is 2.39 bits per heavy atom. The molecule has 0 saturated carbocycles. The first kappa shape index (κ1) is 17.6. The highest BCUT2D eigenvalue weighted by Crippen LogP contribution is 2.24. The predicted molar refractivity (Wildman–Crippen MR) is 92.6 cm³/mol. The Morgan fingerprint density at radius 2 is 1.87 bits per heavy atom. The van der Waals surface area contributed by atoms with Crippen LogP contribution in [0.3, 0.4) is 0 Å². The zero-order chi connectivity index (χ0) is 17.1. The highest BCUT2D eigenvalue weighted by Gasteiger charge is 2.19. The number of sulfone groups is 1. The van der Waals surface area contributed by atoms with Gasteiger partial charge in [0.2, 0.25) is 5.91 Å². The molecule has 5 nitrogen and oxygen atoms in total. The van der Waals surface area contributed by atoms with Crippen molar-refractivity contribution in [3.05, 3.63) is 41.4 Å². The standard InChI is InChI=1S/C16H20N2O3S2/c1-16(2,3)12-4-6-13(7-5-12)23(20,21)11-8-14(19)18-15-17-9-10-22-15/h4-7,9-10H,8,11H2,1-3H3,(H,17,18,19). The summed E-state index contributed by atoms with van der Waals surface area (Å²) in [5, 5.41) is 4.79. The lowest BCUT2D eigenvalue weighted by Gasteiger charge is -2.19. The van der Waals surface area contributed by atoms with Crippen molar-refractivity contribution in [1.82, 2.24) is 4.98 Å². The van der Waals surface area contributed by atoms with Gasteiger partial charge in [0.05, 0.1) is 10.6 Å². The van der Waals surface area contributed by atoms with Gasteiger partial charge >= 0.3 is 0 Å². The Bertz CT molecular complexity index is 759. The number of amides is 1. The van der Waals surface area contributed by atoms with Gasteiger partial charge in [-0.2, -0.15) is 0 Å². The van der Waals surface area contributed by atoms with E-state index in [4.69, 9.17) is 0 Å². The maximum absolute atomic E-state index is 12.3. The topological polar surface area (TPSA) is 76.1 Å². The van der Waals surface area contributed by atoms with E-state index >= 15 is 0 Å². The molecule has 0 atom stereocenters. The summed E-state index contributed by atoms with van der Waals surface area (Å²) in [6.45, 7) is 6.21. The number of nitrogens with one attached hydrogen (secondary N) is 1. The Labute approximate surface area is 140 Å². The molecule has 0 aliphatic carbocycles. The van der Waals surface area contributed by atoms with Gasteiger partial charge in [0, 0.05) is 18.0 Å². The number of hydrogen-bond acceptors (Lipinski definition) is 5. The Kier molecular flexibility index (Phi) is 5.21. The molecule has 0 aliphatic rings. The van der Waals surface area contributed by atoms with Crippen LogP contribution < -0.4 is 5.32 Å². The fourth-order valence-corrected chi connectivity index (χ4v) is 3.76. The third-order valence-corrected chi connectivity index (χ3v) is 5.78. The monoisotopic (exact) mass is 352 g/mol. The first-order valence-corrected chi connectivity index (χ1v) is 9.74. The number of aromatic nitrogens is 1. The number of hydrogen-bond donors (Lipinski definition) is 1. The Balaban J connectivity index is 2.00. The van der Waals surface area contributed by atoms with Crippen LogP contribution in [0.1, 0.15) is 32.8 Å². The number of nitrogens with zero attached hydrogens (tertiary/aromatic N) is 1. The van der Waals surface area contributed by atoms with Crippen molar-refractivity contribution in [2.24, 2.45) is 0 Å². The number of carbonyl (C=O) groups excluding carboxylic acids is 1. The smallest absolute Gasteiger partial charge is 0.227 e. The van der Waals surface area contributed by atoms with Crippen LogP contribution in [-0.2, 0) is 20.0 Å². The van der Waals surface area contributed by atoms with E-state index in [9.17, 15) is 13.2 Å². The van der Waals surface area contributed by atoms with Gasteiger partial charge in [-0.3, -0.25) is 4.79 Å². The van der Waals surface area contributed by atoms with Gasteiger partial charge in [-0.05, 0) is 23.1 Å². The van der Waals surface area contributed by atoms with E-state index in [1.54, 1.807) is 23.7 Å². The van der Waals surface area contributed by atoms with Gasteiger partial charge in [-0.15, -0.1) is 11.3 Å². The molecule has 0 radical (unpaired) electrons. The molecule has 1 aromatic heterocycles. The van der Waals surface area contributed by atoms with Gasteiger partial charge in [0.15, 0.2) is 15.0 Å². The number of anilines is 1. The maximum atomic E-state index is 12.3. The zero-order valence-corrected chi connectivity index (χ0v) is 15.0. The molecule has 0 aliphatic heterocycles. The molecular formula is C16H20N2O3S2. The second-order valence-corrected chi connectivity index (χ2v) is 9.23. The molecular weight excluding hydrogens is 332 g/mol. The molecule has 1 amide bonds. The molecule has 0 fully saturated rings. The lowest BCUT2D eigenvalue weighted by atomic mass is 9.87. The first-order valence-electron chi connectivity index (χ1n) is 7.21. The predicted octanol–water partition coefficient (Wildman–Crippen LogP) is 3.24. The third kappa shape index (κ3) is 4.87. The second-order valence-electron chi connectivity index (χ2n) is 6.23. The van der Waals surface area contributed by atoms with E-state index < -0.39 is 9.84 Å². The average Bonchev–Trinajstić information content (AvgIpc) is 2.97. The van der Waals surface area contributed by atoms with Crippen LogP contribution in [0.2, 0.25) is 0 Å². The summed E-state index contributed by atoms with van der Waals surface area (Å²) in [6, 6.07) is 6.86. The quantitative estimate of drug-likeness (QED) is 0.896. The van der Waals surface area contributed by atoms with E-state index in [2.05, 4.69) is 31.1 Å². The van der Waals surface area contributed by atoms with Gasteiger partial charge in [0.1, 0.15) is 0 Å². The molecule has 1 N–H and O–H groups in total. The highest BCUT2D eigenvalue weighted by atomic mass is 32.2. The molecule has 0 saturated heterocycles. The van der Waals surface area contributed by atoms with Gasteiger partial charge in [0.25, 0.3) is 0 Å². The lowest BCUT2D eigenvalue weighted by molar-refractivity contribution is -0.115. The van der Waals surface area contributed by atoms with Crippen molar-refractivity contribution in [3.8, 4) is 0 Å². The minimum atomic E-state index is -3.47. The Morgan fingerprint density at radius 1 is 1.22 bits per heavy atom. The third-order valence-electron chi connectivity index (χ3n) is 3.36. The summed E-state index contributed by atoms with van der Waals surface area (Å²) in [6.07, 6.45) is 1.48. The van der Waals surface area contributed by atoms with Gasteiger partial charge in [-0.1, -0.05) is 32.9 Å². The summed E-state index contributed by atoms with van der Waals surface area (Å²) >= 11 is 1.29. The van der Waals surface area contributed by atoms with E-state index in [0.717, 1.165) is 5.56 Å².